The number of benzene rings is 1. The van der Waals surface area contributed by atoms with Gasteiger partial charge >= 0.3 is 0 Å². The maximum atomic E-state index is 11.5. The largest absolute Gasteiger partial charge is 0.507 e. The van der Waals surface area contributed by atoms with Crippen LogP contribution in [0.25, 0.3) is 11.1 Å². The summed E-state index contributed by atoms with van der Waals surface area (Å²) in [6, 6.07) is 4.36. The monoisotopic (exact) mass is 396 g/mol. The molecule has 1 aliphatic heterocycles. The summed E-state index contributed by atoms with van der Waals surface area (Å²) < 4.78 is 6.54. The lowest BCUT2D eigenvalue weighted by molar-refractivity contribution is 0.0108. The zero-order chi connectivity index (χ0) is 19.9. The molecule has 0 unspecified atom stereocenters. The van der Waals surface area contributed by atoms with E-state index >= 15 is 0 Å². The van der Waals surface area contributed by atoms with E-state index in [2.05, 4.69) is 56.7 Å². The third kappa shape index (κ3) is 3.39. The molecule has 0 fully saturated rings. The molecule has 0 saturated heterocycles. The molecule has 2 nitrogen and oxygen atoms in total. The smallest absolute Gasteiger partial charge is 0.131 e. The van der Waals surface area contributed by atoms with Crippen molar-refractivity contribution < 1.29 is 9.84 Å². The van der Waals surface area contributed by atoms with Crippen LogP contribution < -0.4 is 4.74 Å². The highest BCUT2D eigenvalue weighted by molar-refractivity contribution is 7.08. The van der Waals surface area contributed by atoms with Gasteiger partial charge in [0.1, 0.15) is 17.1 Å². The molecule has 2 aromatic rings. The Hall–Kier alpha value is -1.74. The molecular weight excluding hydrogens is 364 g/mol. The van der Waals surface area contributed by atoms with Gasteiger partial charge in [-0.25, -0.2) is 0 Å². The highest BCUT2D eigenvalue weighted by atomic mass is 32.1. The molecule has 1 aromatic heterocycles. The van der Waals surface area contributed by atoms with E-state index in [-0.39, 0.29) is 11.5 Å². The summed E-state index contributed by atoms with van der Waals surface area (Å²) in [5.74, 6) is 1.96. The normalized spacial score (nSPS) is 22.8. The third-order valence-corrected chi connectivity index (χ3v) is 7.27. The molecule has 0 radical (unpaired) electrons. The van der Waals surface area contributed by atoms with Gasteiger partial charge in [0.15, 0.2) is 0 Å². The minimum atomic E-state index is -0.216. The molecule has 28 heavy (non-hydrogen) atoms. The van der Waals surface area contributed by atoms with Crippen LogP contribution in [-0.2, 0) is 6.42 Å². The summed E-state index contributed by atoms with van der Waals surface area (Å²) in [6.07, 6.45) is 9.14. The molecule has 0 amide bonds. The highest BCUT2D eigenvalue weighted by Gasteiger charge is 2.45. The first-order valence-electron chi connectivity index (χ1n) is 10.7. The quantitative estimate of drug-likeness (QED) is 0.420. The molecule has 0 bridgehead atoms. The minimum absolute atomic E-state index is 0.216. The van der Waals surface area contributed by atoms with Crippen molar-refractivity contribution in [1.29, 1.82) is 0 Å². The molecule has 2 aliphatic rings. The Bertz CT molecular complexity index is 876. The first-order chi connectivity index (χ1) is 13.4. The van der Waals surface area contributed by atoms with E-state index in [1.54, 1.807) is 11.3 Å². The van der Waals surface area contributed by atoms with Crippen molar-refractivity contribution in [2.45, 2.75) is 77.7 Å². The Morgan fingerprint density at radius 1 is 1.29 bits per heavy atom. The average Bonchev–Trinajstić information content (AvgIpc) is 3.15. The summed E-state index contributed by atoms with van der Waals surface area (Å²) in [5.41, 5.74) is 5.59. The Morgan fingerprint density at radius 2 is 2.11 bits per heavy atom. The number of phenolic OH excluding ortho intramolecular Hbond substituents is 1. The summed E-state index contributed by atoms with van der Waals surface area (Å²) in [6.45, 7) is 8.87. The number of ether oxygens (including phenoxy) is 1. The molecule has 1 aromatic carbocycles. The molecule has 0 saturated carbocycles. The summed E-state index contributed by atoms with van der Waals surface area (Å²) in [5, 5.41) is 15.8. The van der Waals surface area contributed by atoms with Crippen LogP contribution in [0.4, 0.5) is 0 Å². The van der Waals surface area contributed by atoms with E-state index < -0.39 is 0 Å². The number of thiophene rings is 1. The minimum Gasteiger partial charge on any atom is -0.507 e. The van der Waals surface area contributed by atoms with Crippen molar-refractivity contribution in [3.63, 3.8) is 0 Å². The second-order valence-electron chi connectivity index (χ2n) is 9.03. The molecule has 0 spiro atoms. The van der Waals surface area contributed by atoms with Crippen molar-refractivity contribution in [2.75, 3.05) is 0 Å². The summed E-state index contributed by atoms with van der Waals surface area (Å²) in [7, 11) is 0. The topological polar surface area (TPSA) is 29.5 Å². The number of hydrogen-bond donors (Lipinski definition) is 1. The number of unbranched alkanes of at least 4 members (excludes halogenated alkanes) is 2. The van der Waals surface area contributed by atoms with E-state index in [4.69, 9.17) is 4.74 Å². The molecule has 4 rings (SSSR count). The molecule has 150 valence electrons. The van der Waals surface area contributed by atoms with Gasteiger partial charge in [-0.1, -0.05) is 31.4 Å². The van der Waals surface area contributed by atoms with Gasteiger partial charge in [-0.3, -0.25) is 0 Å². The van der Waals surface area contributed by atoms with E-state index in [0.29, 0.717) is 11.7 Å². The van der Waals surface area contributed by atoms with Crippen LogP contribution in [0.2, 0.25) is 0 Å². The van der Waals surface area contributed by atoms with Crippen molar-refractivity contribution in [3.8, 4) is 22.6 Å². The number of rotatable bonds is 5. The molecule has 3 heteroatoms. The van der Waals surface area contributed by atoms with Crippen molar-refractivity contribution in [2.24, 2.45) is 5.92 Å². The van der Waals surface area contributed by atoms with E-state index in [0.717, 1.165) is 48.1 Å². The number of allylic oxidation sites excluding steroid dienone is 2. The second-order valence-corrected chi connectivity index (χ2v) is 9.81. The number of phenols is 1. The zero-order valence-electron chi connectivity index (χ0n) is 17.5. The van der Waals surface area contributed by atoms with Gasteiger partial charge in [-0.2, -0.15) is 11.3 Å². The van der Waals surface area contributed by atoms with Crippen LogP contribution in [0.1, 0.15) is 76.8 Å². The van der Waals surface area contributed by atoms with Crippen LogP contribution in [0, 0.1) is 5.92 Å². The maximum Gasteiger partial charge on any atom is 0.131 e. The van der Waals surface area contributed by atoms with Gasteiger partial charge in [-0.15, -0.1) is 0 Å². The molecule has 1 aliphatic carbocycles. The van der Waals surface area contributed by atoms with Crippen LogP contribution in [0.5, 0.6) is 11.5 Å². The third-order valence-electron chi connectivity index (χ3n) is 6.59. The first kappa shape index (κ1) is 19.6. The van der Waals surface area contributed by atoms with Crippen LogP contribution >= 0.6 is 11.3 Å². The van der Waals surface area contributed by atoms with E-state index in [1.807, 2.05) is 0 Å². The van der Waals surface area contributed by atoms with Gasteiger partial charge in [0.25, 0.3) is 0 Å². The number of aromatic hydroxyl groups is 1. The number of aryl methyl sites for hydroxylation is 1. The predicted octanol–water partition coefficient (Wildman–Crippen LogP) is 7.46. The molecular formula is C25H32O2S. The fraction of sp³-hybridized carbons (Fsp3) is 0.520. The maximum absolute atomic E-state index is 11.5. The van der Waals surface area contributed by atoms with Gasteiger partial charge in [0.05, 0.1) is 0 Å². The van der Waals surface area contributed by atoms with Crippen LogP contribution in [-0.4, -0.2) is 10.7 Å². The molecule has 2 heterocycles. The van der Waals surface area contributed by atoms with Gasteiger partial charge in [-0.05, 0) is 80.5 Å². The van der Waals surface area contributed by atoms with Crippen LogP contribution in [0.15, 0.2) is 34.5 Å². The molecule has 1 N–H and O–H groups in total. The Kier molecular flexibility index (Phi) is 5.30. The lowest BCUT2D eigenvalue weighted by atomic mass is 9.67. The summed E-state index contributed by atoms with van der Waals surface area (Å²) >= 11 is 1.69. The highest BCUT2D eigenvalue weighted by Crippen LogP contribution is 2.56. The predicted molar refractivity (Wildman–Crippen MR) is 119 cm³/mol. The van der Waals surface area contributed by atoms with Gasteiger partial charge in [0, 0.05) is 23.0 Å². The van der Waals surface area contributed by atoms with Crippen LogP contribution in [0.3, 0.4) is 0 Å². The van der Waals surface area contributed by atoms with E-state index in [9.17, 15) is 5.11 Å². The van der Waals surface area contributed by atoms with Crippen molar-refractivity contribution >= 4 is 11.3 Å². The Morgan fingerprint density at radius 3 is 2.82 bits per heavy atom. The Balaban J connectivity index is 1.89. The first-order valence-corrected chi connectivity index (χ1v) is 11.6. The van der Waals surface area contributed by atoms with E-state index in [1.165, 1.54) is 24.0 Å². The average molecular weight is 397 g/mol. The van der Waals surface area contributed by atoms with Gasteiger partial charge in [0.2, 0.25) is 0 Å². The fourth-order valence-electron chi connectivity index (χ4n) is 5.10. The Labute approximate surface area is 173 Å². The summed E-state index contributed by atoms with van der Waals surface area (Å²) in [4.78, 5) is 0. The number of fused-ring (bicyclic) bond motifs is 3. The second kappa shape index (κ2) is 7.59. The lowest BCUT2D eigenvalue weighted by Crippen LogP contribution is -2.45. The standard InChI is InChI=1S/C25H32O2S/c1-5-6-7-8-17-14-21-23(24(26)22(17)18-11-12-28-15-18)19-13-16(2)9-10-20(19)25(3,4)27-21/h11-15,19-20,26H,5-10H2,1-4H3/t19-,20-/m1/s1. The fourth-order valence-corrected chi connectivity index (χ4v) is 5.75. The van der Waals surface area contributed by atoms with Crippen molar-refractivity contribution in [3.05, 3.63) is 45.7 Å². The SMILES string of the molecule is CCCCCc1cc2c(c(O)c1-c1ccsc1)[C@@H]1C=C(C)CC[C@H]1C(C)(C)O2. The van der Waals surface area contributed by atoms with Crippen molar-refractivity contribution in [1.82, 2.24) is 0 Å². The lowest BCUT2D eigenvalue weighted by Gasteiger charge is -2.46. The van der Waals surface area contributed by atoms with Gasteiger partial charge < -0.3 is 9.84 Å². The number of hydrogen-bond acceptors (Lipinski definition) is 3. The molecule has 2 atom stereocenters. The zero-order valence-corrected chi connectivity index (χ0v) is 18.4.